The van der Waals surface area contributed by atoms with Crippen LogP contribution in [0, 0.1) is 17.2 Å². The monoisotopic (exact) mass is 258 g/mol. The number of ketones is 2. The van der Waals surface area contributed by atoms with Crippen molar-refractivity contribution in [3.8, 4) is 6.07 Å². The highest BCUT2D eigenvalue weighted by atomic mass is 32.2. The Morgan fingerprint density at radius 2 is 2.22 bits per heavy atom. The number of carbonyl (C=O) groups is 2. The molecule has 0 saturated heterocycles. The van der Waals surface area contributed by atoms with Gasteiger partial charge in [-0.05, 0) is 25.3 Å². The number of rotatable bonds is 1. The van der Waals surface area contributed by atoms with Crippen LogP contribution in [0.3, 0.4) is 0 Å². The maximum absolute atomic E-state index is 12.3. The molecule has 1 unspecified atom stereocenters. The Morgan fingerprint density at radius 1 is 1.50 bits per heavy atom. The third kappa shape index (κ3) is 1.85. The quantitative estimate of drug-likeness (QED) is 0.725. The maximum atomic E-state index is 12.3. The van der Waals surface area contributed by atoms with E-state index in [1.54, 1.807) is 24.5 Å². The molecule has 90 valence electrons. The molecule has 0 fully saturated rings. The van der Waals surface area contributed by atoms with Crippen molar-refractivity contribution in [3.63, 3.8) is 0 Å². The number of hydrogen-bond donors (Lipinski definition) is 0. The van der Waals surface area contributed by atoms with E-state index in [4.69, 9.17) is 5.26 Å². The lowest BCUT2D eigenvalue weighted by Crippen LogP contribution is -2.31. The predicted octanol–water partition coefficient (Wildman–Crippen LogP) is 2.35. The molecule has 0 radical (unpaired) electrons. The molecule has 0 aliphatic carbocycles. The third-order valence-corrected chi connectivity index (χ3v) is 3.51. The highest BCUT2D eigenvalue weighted by molar-refractivity contribution is 8.13. The van der Waals surface area contributed by atoms with Crippen molar-refractivity contribution in [2.75, 3.05) is 6.26 Å². The zero-order valence-electron chi connectivity index (χ0n) is 9.93. The molecule has 1 aliphatic heterocycles. The summed E-state index contributed by atoms with van der Waals surface area (Å²) in [5, 5.41) is 9.47. The normalized spacial score (nSPS) is 17.7. The summed E-state index contributed by atoms with van der Waals surface area (Å²) in [6.07, 6.45) is 1.77. The number of nitriles is 1. The summed E-state index contributed by atoms with van der Waals surface area (Å²) in [6, 6.07) is 6.86. The fourth-order valence-electron chi connectivity index (χ4n) is 1.92. The first kappa shape index (κ1) is 12.5. The molecule has 2 rings (SSSR count). The van der Waals surface area contributed by atoms with E-state index in [0.29, 0.717) is 21.9 Å². The minimum absolute atomic E-state index is 0.221. The molecule has 0 spiro atoms. The maximum Gasteiger partial charge on any atom is 0.182 e. The first-order chi connectivity index (χ1) is 8.60. The summed E-state index contributed by atoms with van der Waals surface area (Å²) >= 11 is 1.27. The highest BCUT2D eigenvalue weighted by Crippen LogP contribution is 2.34. The fraction of sp³-hybridized carbons (Fsp3) is 0.231. The molecule has 0 saturated carbocycles. The Morgan fingerprint density at radius 3 is 2.78 bits per heavy atom. The van der Waals surface area contributed by atoms with E-state index in [-0.39, 0.29) is 11.6 Å². The number of para-hydroxylation sites is 1. The summed E-state index contributed by atoms with van der Waals surface area (Å²) in [4.78, 5) is 28.1. The van der Waals surface area contributed by atoms with Gasteiger partial charge in [-0.1, -0.05) is 6.07 Å². The first-order valence-electron chi connectivity index (χ1n) is 5.30. The molecular weight excluding hydrogens is 248 g/mol. The van der Waals surface area contributed by atoms with Gasteiger partial charge in [-0.15, -0.1) is 11.8 Å². The first-order valence-corrected chi connectivity index (χ1v) is 6.53. The van der Waals surface area contributed by atoms with Crippen LogP contribution in [0.4, 0.5) is 5.69 Å². The minimum atomic E-state index is -0.818. The highest BCUT2D eigenvalue weighted by Gasteiger charge is 2.35. The predicted molar refractivity (Wildman–Crippen MR) is 70.3 cm³/mol. The largest absolute Gasteiger partial charge is 0.299 e. The molecule has 5 heteroatoms. The van der Waals surface area contributed by atoms with Crippen molar-refractivity contribution in [1.82, 2.24) is 0 Å². The number of carbonyl (C=O) groups excluding carboxylic acids is 2. The second-order valence-electron chi connectivity index (χ2n) is 3.88. The Bertz CT molecular complexity index is 614. The lowest BCUT2D eigenvalue weighted by atomic mass is 9.90. The van der Waals surface area contributed by atoms with Crippen LogP contribution in [0.1, 0.15) is 22.8 Å². The van der Waals surface area contributed by atoms with Gasteiger partial charge in [-0.2, -0.15) is 5.26 Å². The number of nitrogens with zero attached hydrogens (tertiary/aromatic N) is 2. The Labute approximate surface area is 109 Å². The van der Waals surface area contributed by atoms with Gasteiger partial charge in [-0.25, -0.2) is 4.99 Å². The van der Waals surface area contributed by atoms with E-state index in [1.807, 2.05) is 6.07 Å². The molecule has 0 bridgehead atoms. The van der Waals surface area contributed by atoms with Gasteiger partial charge < -0.3 is 0 Å². The van der Waals surface area contributed by atoms with Crippen molar-refractivity contribution < 1.29 is 9.59 Å². The van der Waals surface area contributed by atoms with Crippen molar-refractivity contribution >= 4 is 34.1 Å². The number of aliphatic imine (C=N–C) groups is 1. The van der Waals surface area contributed by atoms with Gasteiger partial charge in [-0.3, -0.25) is 9.59 Å². The number of benzene rings is 1. The van der Waals surface area contributed by atoms with Crippen LogP contribution in [-0.2, 0) is 4.79 Å². The van der Waals surface area contributed by atoms with E-state index in [9.17, 15) is 9.59 Å². The molecule has 0 aromatic heterocycles. The fourth-order valence-corrected chi connectivity index (χ4v) is 2.61. The average molecular weight is 258 g/mol. The van der Waals surface area contributed by atoms with Gasteiger partial charge in [0.05, 0.1) is 16.3 Å². The molecule has 0 amide bonds. The van der Waals surface area contributed by atoms with Gasteiger partial charge in [0, 0.05) is 5.56 Å². The molecule has 1 aromatic rings. The van der Waals surface area contributed by atoms with E-state index in [0.717, 1.165) is 0 Å². The minimum Gasteiger partial charge on any atom is -0.299 e. The summed E-state index contributed by atoms with van der Waals surface area (Å²) in [5.41, 5.74) is 1.09. The lowest BCUT2D eigenvalue weighted by molar-refractivity contribution is -0.117. The molecule has 18 heavy (non-hydrogen) atoms. The van der Waals surface area contributed by atoms with Gasteiger partial charge in [0.15, 0.2) is 5.78 Å². The van der Waals surface area contributed by atoms with Crippen molar-refractivity contribution in [3.05, 3.63) is 29.3 Å². The number of hydrogen-bond acceptors (Lipinski definition) is 5. The van der Waals surface area contributed by atoms with Gasteiger partial charge in [0.2, 0.25) is 0 Å². The summed E-state index contributed by atoms with van der Waals surface area (Å²) < 4.78 is 0. The van der Waals surface area contributed by atoms with E-state index in [1.165, 1.54) is 18.7 Å². The smallest absolute Gasteiger partial charge is 0.182 e. The number of fused-ring (bicyclic) bond motifs is 1. The van der Waals surface area contributed by atoms with Crippen LogP contribution >= 0.6 is 11.8 Å². The molecule has 4 nitrogen and oxygen atoms in total. The molecular formula is C13H10N2O2S. The third-order valence-electron chi connectivity index (χ3n) is 2.77. The molecule has 1 atom stereocenters. The van der Waals surface area contributed by atoms with Crippen LogP contribution in [0.5, 0.6) is 0 Å². The zero-order chi connectivity index (χ0) is 13.3. The second-order valence-corrected chi connectivity index (χ2v) is 4.70. The van der Waals surface area contributed by atoms with Crippen molar-refractivity contribution in [2.45, 2.75) is 6.92 Å². The van der Waals surface area contributed by atoms with Crippen molar-refractivity contribution in [2.24, 2.45) is 10.9 Å². The standard InChI is InChI=1S/C13H10N2O2S/c1-7(16)10-12(17)9-5-3-4-8(6-14)11(9)15-13(10)18-2/h3-5,10H,1-2H3. The lowest BCUT2D eigenvalue weighted by Gasteiger charge is -2.20. The SMILES string of the molecule is CSC1=Nc2c(C#N)cccc2C(=O)C1C(C)=O. The Hall–Kier alpha value is -1.93. The van der Waals surface area contributed by atoms with Crippen LogP contribution < -0.4 is 0 Å². The molecule has 1 aliphatic rings. The van der Waals surface area contributed by atoms with E-state index in [2.05, 4.69) is 4.99 Å². The van der Waals surface area contributed by atoms with Crippen molar-refractivity contribution in [1.29, 1.82) is 5.26 Å². The Kier molecular flexibility index (Phi) is 3.30. The molecule has 1 aromatic carbocycles. The second kappa shape index (κ2) is 4.75. The zero-order valence-corrected chi connectivity index (χ0v) is 10.7. The summed E-state index contributed by atoms with van der Waals surface area (Å²) in [7, 11) is 0. The van der Waals surface area contributed by atoms with Crippen LogP contribution in [-0.4, -0.2) is 22.9 Å². The van der Waals surface area contributed by atoms with Gasteiger partial charge in [0.1, 0.15) is 17.8 Å². The molecule has 1 heterocycles. The van der Waals surface area contributed by atoms with Crippen LogP contribution in [0.2, 0.25) is 0 Å². The van der Waals surface area contributed by atoms with Gasteiger partial charge >= 0.3 is 0 Å². The molecule has 0 N–H and O–H groups in total. The average Bonchev–Trinajstić information content (AvgIpc) is 2.37. The van der Waals surface area contributed by atoms with E-state index < -0.39 is 5.92 Å². The van der Waals surface area contributed by atoms with E-state index >= 15 is 0 Å². The number of Topliss-reactive ketones (excluding diaryl/α,β-unsaturated/α-hetero) is 2. The van der Waals surface area contributed by atoms with Gasteiger partial charge in [0.25, 0.3) is 0 Å². The Balaban J connectivity index is 2.69. The van der Waals surface area contributed by atoms with Crippen LogP contribution in [0.25, 0.3) is 0 Å². The summed E-state index contributed by atoms with van der Waals surface area (Å²) in [5.74, 6) is -1.31. The summed E-state index contributed by atoms with van der Waals surface area (Å²) in [6.45, 7) is 1.38. The number of thioether (sulfide) groups is 1. The topological polar surface area (TPSA) is 70.3 Å². The van der Waals surface area contributed by atoms with Crippen LogP contribution in [0.15, 0.2) is 23.2 Å².